The summed E-state index contributed by atoms with van der Waals surface area (Å²) in [5.74, 6) is -2.92. The molecule has 3 atom stereocenters. The van der Waals surface area contributed by atoms with Gasteiger partial charge in [-0.2, -0.15) is 0 Å². The Morgan fingerprint density at radius 2 is 2.12 bits per heavy atom. The van der Waals surface area contributed by atoms with E-state index < -0.39 is 42.6 Å². The van der Waals surface area contributed by atoms with Gasteiger partial charge >= 0.3 is 11.9 Å². The number of phenols is 1. The molecule has 134 valence electrons. The third-order valence-corrected chi connectivity index (χ3v) is 3.38. The Labute approximate surface area is 142 Å². The van der Waals surface area contributed by atoms with Crippen LogP contribution in [0.2, 0.25) is 0 Å². The highest BCUT2D eigenvalue weighted by Crippen LogP contribution is 2.26. The van der Waals surface area contributed by atoms with Gasteiger partial charge in [0.25, 0.3) is 6.10 Å². The summed E-state index contributed by atoms with van der Waals surface area (Å²) in [5, 5.41) is 27.7. The first-order valence-corrected chi connectivity index (χ1v) is 7.16. The summed E-state index contributed by atoms with van der Waals surface area (Å²) in [6.45, 7) is -0.785. The minimum absolute atomic E-state index is 0.0741. The molecule has 3 N–H and O–H groups in total. The van der Waals surface area contributed by atoms with Gasteiger partial charge in [0.2, 0.25) is 5.78 Å². The van der Waals surface area contributed by atoms with Crippen LogP contribution in [-0.2, 0) is 23.9 Å². The second-order valence-electron chi connectivity index (χ2n) is 5.09. The number of carbonyl (C=O) groups excluding carboxylic acids is 3. The van der Waals surface area contributed by atoms with Crippen molar-refractivity contribution in [3.05, 3.63) is 29.8 Å². The third kappa shape index (κ3) is 4.14. The molecule has 0 aliphatic carbocycles. The number of ether oxygens (including phenoxy) is 3. The molecular formula is C16H16O9. The molecule has 1 aromatic rings. The molecule has 0 aromatic heterocycles. The smallest absolute Gasteiger partial charge is 0.356 e. The van der Waals surface area contributed by atoms with Gasteiger partial charge in [-0.1, -0.05) is 6.07 Å². The molecule has 0 saturated carbocycles. The molecule has 1 heterocycles. The van der Waals surface area contributed by atoms with Crippen molar-refractivity contribution in [2.24, 2.45) is 0 Å². The normalized spacial score (nSPS) is 21.2. The molecule has 2 rings (SSSR count). The Balaban J connectivity index is 2.02. The van der Waals surface area contributed by atoms with Crippen LogP contribution in [0.15, 0.2) is 24.3 Å². The van der Waals surface area contributed by atoms with Crippen LogP contribution in [0.25, 0.3) is 6.08 Å². The van der Waals surface area contributed by atoms with Gasteiger partial charge in [0.15, 0.2) is 17.6 Å². The molecule has 0 amide bonds. The van der Waals surface area contributed by atoms with Gasteiger partial charge in [0, 0.05) is 6.08 Å². The molecule has 0 bridgehead atoms. The molecule has 1 aromatic carbocycles. The number of cyclic esters (lactones) is 1. The Hall–Kier alpha value is -2.91. The van der Waals surface area contributed by atoms with E-state index in [0.29, 0.717) is 5.56 Å². The van der Waals surface area contributed by atoms with Crippen LogP contribution in [0.5, 0.6) is 11.5 Å². The summed E-state index contributed by atoms with van der Waals surface area (Å²) in [6, 6.07) is 4.33. The third-order valence-electron chi connectivity index (χ3n) is 3.38. The van der Waals surface area contributed by atoms with E-state index in [2.05, 4.69) is 4.74 Å². The molecule has 1 saturated heterocycles. The Bertz CT molecular complexity index is 710. The zero-order valence-corrected chi connectivity index (χ0v) is 13.1. The average molecular weight is 352 g/mol. The van der Waals surface area contributed by atoms with Gasteiger partial charge in [0.1, 0.15) is 6.10 Å². The van der Waals surface area contributed by atoms with Crippen molar-refractivity contribution < 1.29 is 43.9 Å². The number of rotatable bonds is 6. The first-order valence-electron chi connectivity index (χ1n) is 7.16. The first kappa shape index (κ1) is 18.4. The van der Waals surface area contributed by atoms with Crippen LogP contribution in [0.3, 0.4) is 0 Å². The maximum Gasteiger partial charge on any atom is 0.356 e. The number of benzene rings is 1. The van der Waals surface area contributed by atoms with Crippen molar-refractivity contribution >= 4 is 23.8 Å². The molecule has 25 heavy (non-hydrogen) atoms. The number of hydrogen-bond acceptors (Lipinski definition) is 9. The fourth-order valence-electron chi connectivity index (χ4n) is 2.10. The molecule has 9 heteroatoms. The number of phenolic OH excluding ortho intramolecular Hbond substituents is 1. The van der Waals surface area contributed by atoms with Crippen LogP contribution < -0.4 is 4.74 Å². The lowest BCUT2D eigenvalue weighted by molar-refractivity contribution is -0.159. The van der Waals surface area contributed by atoms with E-state index in [1.165, 1.54) is 31.4 Å². The van der Waals surface area contributed by atoms with E-state index in [-0.39, 0.29) is 11.5 Å². The van der Waals surface area contributed by atoms with Crippen LogP contribution >= 0.6 is 0 Å². The summed E-state index contributed by atoms with van der Waals surface area (Å²) in [6.07, 6.45) is -2.64. The number of hydrogen-bond donors (Lipinski definition) is 3. The van der Waals surface area contributed by atoms with Crippen molar-refractivity contribution in [3.8, 4) is 11.5 Å². The number of Topliss-reactive ketones (excluding diaryl/α,β-unsaturated/α-hetero) is 1. The number of esters is 2. The molecule has 1 fully saturated rings. The summed E-state index contributed by atoms with van der Waals surface area (Å²) >= 11 is 0. The van der Waals surface area contributed by atoms with E-state index in [1.54, 1.807) is 0 Å². The van der Waals surface area contributed by atoms with E-state index in [1.807, 2.05) is 0 Å². The molecule has 1 aliphatic rings. The van der Waals surface area contributed by atoms with Crippen molar-refractivity contribution in [2.75, 3.05) is 13.7 Å². The number of methoxy groups -OCH3 is 1. The predicted molar refractivity (Wildman–Crippen MR) is 81.6 cm³/mol. The van der Waals surface area contributed by atoms with Crippen LogP contribution in [0.4, 0.5) is 0 Å². The second kappa shape index (κ2) is 7.77. The number of aliphatic hydroxyl groups is 2. The van der Waals surface area contributed by atoms with Crippen LogP contribution in [-0.4, -0.2) is 65.1 Å². The highest BCUT2D eigenvalue weighted by Gasteiger charge is 2.49. The Kier molecular flexibility index (Phi) is 5.73. The summed E-state index contributed by atoms with van der Waals surface area (Å²) in [4.78, 5) is 35.2. The average Bonchev–Trinajstić information content (AvgIpc) is 2.88. The minimum atomic E-state index is -1.79. The lowest BCUT2D eigenvalue weighted by Crippen LogP contribution is -2.38. The van der Waals surface area contributed by atoms with Crippen molar-refractivity contribution in [1.29, 1.82) is 0 Å². The van der Waals surface area contributed by atoms with Crippen molar-refractivity contribution in [3.63, 3.8) is 0 Å². The second-order valence-corrected chi connectivity index (χ2v) is 5.09. The first-order chi connectivity index (χ1) is 11.9. The van der Waals surface area contributed by atoms with Gasteiger partial charge in [-0.15, -0.1) is 0 Å². The van der Waals surface area contributed by atoms with Gasteiger partial charge in [-0.05, 0) is 23.8 Å². The SMILES string of the molecule is COc1cc(C=CC(=O)OC2C(=O)O[C@H]([C@@H](O)CO)C2=O)ccc1O. The quantitative estimate of drug-likeness (QED) is 0.340. The zero-order chi connectivity index (χ0) is 18.6. The highest BCUT2D eigenvalue weighted by molar-refractivity contribution is 6.11. The number of aromatic hydroxyl groups is 1. The van der Waals surface area contributed by atoms with Gasteiger partial charge in [-0.3, -0.25) is 4.79 Å². The maximum atomic E-state index is 11.9. The van der Waals surface area contributed by atoms with Gasteiger partial charge in [-0.25, -0.2) is 9.59 Å². The zero-order valence-electron chi connectivity index (χ0n) is 13.1. The molecule has 0 spiro atoms. The topological polar surface area (TPSA) is 140 Å². The number of aliphatic hydroxyl groups excluding tert-OH is 2. The molecule has 9 nitrogen and oxygen atoms in total. The van der Waals surface area contributed by atoms with Crippen molar-refractivity contribution in [1.82, 2.24) is 0 Å². The maximum absolute atomic E-state index is 11.9. The molecule has 1 unspecified atom stereocenters. The number of carbonyl (C=O) groups is 3. The van der Waals surface area contributed by atoms with Crippen molar-refractivity contribution in [2.45, 2.75) is 18.3 Å². The monoisotopic (exact) mass is 352 g/mol. The lowest BCUT2D eigenvalue weighted by Gasteiger charge is -2.11. The predicted octanol–water partition coefficient (Wildman–Crippen LogP) is -0.827. The molecular weight excluding hydrogens is 336 g/mol. The van der Waals surface area contributed by atoms with Crippen LogP contribution in [0, 0.1) is 0 Å². The van der Waals surface area contributed by atoms with Gasteiger partial charge in [0.05, 0.1) is 13.7 Å². The molecule has 0 radical (unpaired) electrons. The van der Waals surface area contributed by atoms with E-state index in [0.717, 1.165) is 6.08 Å². The summed E-state index contributed by atoms with van der Waals surface area (Å²) in [5.41, 5.74) is 0.500. The fourth-order valence-corrected chi connectivity index (χ4v) is 2.10. The number of ketones is 1. The largest absolute Gasteiger partial charge is 0.504 e. The van der Waals surface area contributed by atoms with E-state index >= 15 is 0 Å². The highest BCUT2D eigenvalue weighted by atomic mass is 16.6. The van der Waals surface area contributed by atoms with E-state index in [9.17, 15) is 24.6 Å². The Morgan fingerprint density at radius 3 is 2.76 bits per heavy atom. The summed E-state index contributed by atoms with van der Waals surface area (Å²) in [7, 11) is 1.37. The molecule has 1 aliphatic heterocycles. The standard InChI is InChI=1S/C16H16O9/c1-23-11-6-8(2-4-9(11)18)3-5-12(20)24-15-13(21)14(10(19)7-17)25-16(15)22/h2-6,10,14-15,17-19H,7H2,1H3/t10-,14+,15?/m0/s1. The summed E-state index contributed by atoms with van der Waals surface area (Å²) < 4.78 is 14.3. The fraction of sp³-hybridized carbons (Fsp3) is 0.312. The van der Waals surface area contributed by atoms with E-state index in [4.69, 9.17) is 14.6 Å². The minimum Gasteiger partial charge on any atom is -0.504 e. The van der Waals surface area contributed by atoms with Crippen LogP contribution in [0.1, 0.15) is 5.56 Å². The Morgan fingerprint density at radius 1 is 1.40 bits per heavy atom. The van der Waals surface area contributed by atoms with Gasteiger partial charge < -0.3 is 29.5 Å². The lowest BCUT2D eigenvalue weighted by atomic mass is 10.1.